The van der Waals surface area contributed by atoms with E-state index >= 15 is 0 Å². The van der Waals surface area contributed by atoms with Gasteiger partial charge in [-0.15, -0.1) is 0 Å². The van der Waals surface area contributed by atoms with E-state index in [0.717, 1.165) is 19.3 Å². The van der Waals surface area contributed by atoms with E-state index in [1.165, 1.54) is 0 Å². The molecule has 1 rings (SSSR count). The summed E-state index contributed by atoms with van der Waals surface area (Å²) in [4.78, 5) is 22.0. The molecule has 0 aromatic heterocycles. The highest BCUT2D eigenvalue weighted by molar-refractivity contribution is 5.85. The molecule has 1 saturated carbocycles. The number of Topliss-reactive ketones (excluding diaryl/α,β-unsaturated/α-hetero) is 1. The van der Waals surface area contributed by atoms with Crippen molar-refractivity contribution in [2.24, 2.45) is 11.8 Å². The zero-order chi connectivity index (χ0) is 9.84. The Morgan fingerprint density at radius 2 is 2.31 bits per heavy atom. The van der Waals surface area contributed by atoms with Crippen LogP contribution < -0.4 is 0 Å². The first-order valence-corrected chi connectivity index (χ1v) is 4.89. The minimum Gasteiger partial charge on any atom is -0.481 e. The molecule has 2 atom stereocenters. The van der Waals surface area contributed by atoms with Gasteiger partial charge < -0.3 is 5.11 Å². The number of carbonyl (C=O) groups is 2. The molecule has 1 aliphatic rings. The number of hydrogen-bond donors (Lipinski definition) is 1. The van der Waals surface area contributed by atoms with Gasteiger partial charge in [0.15, 0.2) is 0 Å². The second kappa shape index (κ2) is 4.40. The maximum atomic E-state index is 11.4. The molecule has 0 heterocycles. The fraction of sp³-hybridized carbons (Fsp3) is 0.800. The number of carbonyl (C=O) groups excluding carboxylic acids is 1. The third kappa shape index (κ3) is 2.54. The van der Waals surface area contributed by atoms with Gasteiger partial charge in [-0.2, -0.15) is 0 Å². The van der Waals surface area contributed by atoms with E-state index < -0.39 is 5.97 Å². The third-order valence-electron chi connectivity index (χ3n) is 2.90. The van der Waals surface area contributed by atoms with Gasteiger partial charge in [-0.25, -0.2) is 0 Å². The Balaban J connectivity index is 2.62. The van der Waals surface area contributed by atoms with E-state index in [2.05, 4.69) is 0 Å². The quantitative estimate of drug-likeness (QED) is 0.728. The van der Waals surface area contributed by atoms with Crippen molar-refractivity contribution in [2.45, 2.75) is 39.0 Å². The Morgan fingerprint density at radius 1 is 1.62 bits per heavy atom. The van der Waals surface area contributed by atoms with Crippen LogP contribution in [0, 0.1) is 11.8 Å². The molecule has 3 heteroatoms. The molecule has 0 aromatic rings. The minimum absolute atomic E-state index is 0.0251. The minimum atomic E-state index is -0.848. The summed E-state index contributed by atoms with van der Waals surface area (Å²) in [5.41, 5.74) is 0. The molecule has 1 fully saturated rings. The molecule has 0 radical (unpaired) electrons. The average Bonchev–Trinajstić information content (AvgIpc) is 2.08. The van der Waals surface area contributed by atoms with Crippen LogP contribution in [0.1, 0.15) is 39.0 Å². The van der Waals surface area contributed by atoms with Crippen LogP contribution in [0.2, 0.25) is 0 Å². The van der Waals surface area contributed by atoms with Crippen LogP contribution in [0.25, 0.3) is 0 Å². The van der Waals surface area contributed by atoms with Crippen molar-refractivity contribution in [3.63, 3.8) is 0 Å². The third-order valence-corrected chi connectivity index (χ3v) is 2.90. The Kier molecular flexibility index (Phi) is 3.46. The largest absolute Gasteiger partial charge is 0.481 e. The lowest BCUT2D eigenvalue weighted by Crippen LogP contribution is -2.30. The number of ketones is 1. The summed E-state index contributed by atoms with van der Waals surface area (Å²) in [6.45, 7) is 2.03. The molecule has 0 saturated heterocycles. The van der Waals surface area contributed by atoms with E-state index in [4.69, 9.17) is 5.11 Å². The lowest BCUT2D eigenvalue weighted by atomic mass is 9.75. The van der Waals surface area contributed by atoms with Crippen molar-refractivity contribution in [3.8, 4) is 0 Å². The van der Waals surface area contributed by atoms with Gasteiger partial charge in [-0.1, -0.05) is 13.3 Å². The van der Waals surface area contributed by atoms with E-state index in [0.29, 0.717) is 12.3 Å². The second-order valence-electron chi connectivity index (χ2n) is 3.73. The van der Waals surface area contributed by atoms with Gasteiger partial charge in [-0.3, -0.25) is 9.59 Å². The summed E-state index contributed by atoms with van der Waals surface area (Å²) in [5.74, 6) is -0.604. The SMILES string of the molecule is CC[C@H]1CCCC(=O)[C@@H]1CC(=O)O. The molecular weight excluding hydrogens is 168 g/mol. The normalized spacial score (nSPS) is 28.8. The van der Waals surface area contributed by atoms with Gasteiger partial charge in [0.1, 0.15) is 5.78 Å². The lowest BCUT2D eigenvalue weighted by molar-refractivity contribution is -0.142. The van der Waals surface area contributed by atoms with Crippen molar-refractivity contribution >= 4 is 11.8 Å². The highest BCUT2D eigenvalue weighted by Crippen LogP contribution is 2.31. The molecular formula is C10H16O3. The maximum Gasteiger partial charge on any atom is 0.304 e. The number of hydrogen-bond acceptors (Lipinski definition) is 2. The first-order valence-electron chi connectivity index (χ1n) is 4.89. The molecule has 74 valence electrons. The van der Waals surface area contributed by atoms with E-state index in [1.807, 2.05) is 6.92 Å². The Morgan fingerprint density at radius 3 is 2.85 bits per heavy atom. The van der Waals surface area contributed by atoms with Crippen molar-refractivity contribution in [1.82, 2.24) is 0 Å². The van der Waals surface area contributed by atoms with Crippen LogP contribution >= 0.6 is 0 Å². The highest BCUT2D eigenvalue weighted by atomic mass is 16.4. The van der Waals surface area contributed by atoms with Gasteiger partial charge in [0.25, 0.3) is 0 Å². The first kappa shape index (κ1) is 10.2. The fourth-order valence-corrected chi connectivity index (χ4v) is 2.15. The van der Waals surface area contributed by atoms with Crippen LogP contribution in [0.4, 0.5) is 0 Å². The summed E-state index contributed by atoms with van der Waals surface area (Å²) < 4.78 is 0. The van der Waals surface area contributed by atoms with Crippen LogP contribution in [-0.2, 0) is 9.59 Å². The van der Waals surface area contributed by atoms with E-state index in [9.17, 15) is 9.59 Å². The van der Waals surface area contributed by atoms with Gasteiger partial charge in [0.2, 0.25) is 0 Å². The zero-order valence-electron chi connectivity index (χ0n) is 7.95. The van der Waals surface area contributed by atoms with Gasteiger partial charge in [0, 0.05) is 12.3 Å². The predicted octanol–water partition coefficient (Wildman–Crippen LogP) is 1.86. The van der Waals surface area contributed by atoms with Crippen LogP contribution in [0.3, 0.4) is 0 Å². The maximum absolute atomic E-state index is 11.4. The van der Waals surface area contributed by atoms with Crippen LogP contribution in [0.5, 0.6) is 0 Å². The summed E-state index contributed by atoms with van der Waals surface area (Å²) in [6.07, 6.45) is 3.48. The molecule has 0 unspecified atom stereocenters. The van der Waals surface area contributed by atoms with Crippen LogP contribution in [0.15, 0.2) is 0 Å². The van der Waals surface area contributed by atoms with E-state index in [1.54, 1.807) is 0 Å². The van der Waals surface area contributed by atoms with E-state index in [-0.39, 0.29) is 18.1 Å². The van der Waals surface area contributed by atoms with Crippen molar-refractivity contribution in [1.29, 1.82) is 0 Å². The predicted molar refractivity (Wildman–Crippen MR) is 48.4 cm³/mol. The number of carboxylic acid groups (broad SMARTS) is 1. The van der Waals surface area contributed by atoms with Crippen molar-refractivity contribution in [2.75, 3.05) is 0 Å². The van der Waals surface area contributed by atoms with Crippen molar-refractivity contribution in [3.05, 3.63) is 0 Å². The Labute approximate surface area is 78.1 Å². The standard InChI is InChI=1S/C10H16O3/c1-2-7-4-3-5-9(11)8(7)6-10(12)13/h7-8H,2-6H2,1H3,(H,12,13)/t7-,8+/m0/s1. The lowest BCUT2D eigenvalue weighted by Gasteiger charge is -2.28. The monoisotopic (exact) mass is 184 g/mol. The van der Waals surface area contributed by atoms with Crippen LogP contribution in [-0.4, -0.2) is 16.9 Å². The first-order chi connectivity index (χ1) is 6.15. The molecule has 0 aliphatic heterocycles. The number of rotatable bonds is 3. The molecule has 13 heavy (non-hydrogen) atoms. The molecule has 0 aromatic carbocycles. The topological polar surface area (TPSA) is 54.4 Å². The molecule has 0 bridgehead atoms. The van der Waals surface area contributed by atoms with Crippen molar-refractivity contribution < 1.29 is 14.7 Å². The number of carboxylic acids is 1. The molecule has 1 N–H and O–H groups in total. The Hall–Kier alpha value is -0.860. The highest BCUT2D eigenvalue weighted by Gasteiger charge is 2.31. The average molecular weight is 184 g/mol. The van der Waals surface area contributed by atoms with Gasteiger partial charge in [0.05, 0.1) is 6.42 Å². The van der Waals surface area contributed by atoms with Gasteiger partial charge in [-0.05, 0) is 18.8 Å². The summed E-state index contributed by atoms with van der Waals surface area (Å²) >= 11 is 0. The zero-order valence-corrected chi connectivity index (χ0v) is 7.95. The fourth-order valence-electron chi connectivity index (χ4n) is 2.15. The summed E-state index contributed by atoms with van der Waals surface area (Å²) in [7, 11) is 0. The second-order valence-corrected chi connectivity index (χ2v) is 3.73. The molecule has 0 spiro atoms. The Bertz CT molecular complexity index is 210. The molecule has 1 aliphatic carbocycles. The smallest absolute Gasteiger partial charge is 0.304 e. The number of aliphatic carboxylic acids is 1. The molecule has 3 nitrogen and oxygen atoms in total. The molecule has 0 amide bonds. The summed E-state index contributed by atoms with van der Waals surface area (Å²) in [6, 6.07) is 0. The van der Waals surface area contributed by atoms with Gasteiger partial charge >= 0.3 is 5.97 Å². The summed E-state index contributed by atoms with van der Waals surface area (Å²) in [5, 5.41) is 8.64.